The fourth-order valence-electron chi connectivity index (χ4n) is 2.07. The molecule has 1 aliphatic rings. The summed E-state index contributed by atoms with van der Waals surface area (Å²) in [5, 5.41) is 21.7. The summed E-state index contributed by atoms with van der Waals surface area (Å²) in [6, 6.07) is 0. The average Bonchev–Trinajstić information content (AvgIpc) is 2.17. The summed E-state index contributed by atoms with van der Waals surface area (Å²) in [6.07, 6.45) is 6.01. The van der Waals surface area contributed by atoms with Crippen molar-refractivity contribution in [3.8, 4) is 0 Å². The van der Waals surface area contributed by atoms with Gasteiger partial charge in [0, 0.05) is 13.0 Å². The van der Waals surface area contributed by atoms with E-state index in [0.717, 1.165) is 25.7 Å². The van der Waals surface area contributed by atoms with Gasteiger partial charge in [-0.15, -0.1) is 0 Å². The van der Waals surface area contributed by atoms with Crippen LogP contribution in [0.3, 0.4) is 0 Å². The van der Waals surface area contributed by atoms with Gasteiger partial charge in [-0.05, 0) is 25.8 Å². The van der Waals surface area contributed by atoms with Crippen LogP contribution in [0.5, 0.6) is 0 Å². The van der Waals surface area contributed by atoms with Crippen molar-refractivity contribution >= 4 is 5.97 Å². The summed E-state index contributed by atoms with van der Waals surface area (Å²) in [7, 11) is 0. The Bertz CT molecular complexity index is 200. The number of rotatable bonds is 6. The van der Waals surface area contributed by atoms with E-state index in [4.69, 9.17) is 5.11 Å². The molecule has 4 heteroatoms. The molecule has 1 rings (SSSR count). The minimum Gasteiger partial charge on any atom is -0.481 e. The Labute approximate surface area is 90.7 Å². The number of aliphatic hydroxyl groups is 1. The van der Waals surface area contributed by atoms with Crippen molar-refractivity contribution in [2.24, 2.45) is 0 Å². The topological polar surface area (TPSA) is 69.6 Å². The van der Waals surface area contributed by atoms with E-state index >= 15 is 0 Å². The van der Waals surface area contributed by atoms with Gasteiger partial charge in [0.1, 0.15) is 0 Å². The van der Waals surface area contributed by atoms with E-state index in [1.807, 2.05) is 0 Å². The zero-order chi connectivity index (χ0) is 11.1. The summed E-state index contributed by atoms with van der Waals surface area (Å²) in [6.45, 7) is 1.28. The Morgan fingerprint density at radius 2 is 1.93 bits per heavy atom. The number of nitrogens with one attached hydrogen (secondary N) is 1. The molecule has 0 unspecified atom stereocenters. The van der Waals surface area contributed by atoms with Gasteiger partial charge in [-0.25, -0.2) is 0 Å². The highest BCUT2D eigenvalue weighted by Crippen LogP contribution is 2.27. The van der Waals surface area contributed by atoms with E-state index in [1.165, 1.54) is 6.42 Å². The highest BCUT2D eigenvalue weighted by atomic mass is 16.4. The van der Waals surface area contributed by atoms with Crippen molar-refractivity contribution in [1.29, 1.82) is 0 Å². The normalized spacial score (nSPS) is 20.1. The SMILES string of the molecule is O=C(O)CCCNCC1(O)CCCCC1. The third-order valence-electron chi connectivity index (χ3n) is 2.98. The number of carboxylic acids is 1. The van der Waals surface area contributed by atoms with Crippen LogP contribution in [0, 0.1) is 0 Å². The second-order valence-corrected chi connectivity index (χ2v) is 4.46. The van der Waals surface area contributed by atoms with E-state index < -0.39 is 11.6 Å². The predicted molar refractivity (Wildman–Crippen MR) is 57.8 cm³/mol. The van der Waals surface area contributed by atoms with E-state index in [-0.39, 0.29) is 6.42 Å². The van der Waals surface area contributed by atoms with Gasteiger partial charge in [0.25, 0.3) is 0 Å². The van der Waals surface area contributed by atoms with Crippen LogP contribution in [-0.4, -0.2) is 34.9 Å². The molecule has 4 nitrogen and oxygen atoms in total. The van der Waals surface area contributed by atoms with Crippen molar-refractivity contribution in [2.45, 2.75) is 50.5 Å². The molecule has 0 aromatic rings. The van der Waals surface area contributed by atoms with Crippen LogP contribution >= 0.6 is 0 Å². The van der Waals surface area contributed by atoms with E-state index in [0.29, 0.717) is 19.5 Å². The molecule has 0 atom stereocenters. The molecule has 0 bridgehead atoms. The Morgan fingerprint density at radius 3 is 2.53 bits per heavy atom. The summed E-state index contributed by atoms with van der Waals surface area (Å²) in [5.41, 5.74) is -0.540. The lowest BCUT2D eigenvalue weighted by atomic mass is 9.85. The maximum Gasteiger partial charge on any atom is 0.303 e. The number of hydrogen-bond acceptors (Lipinski definition) is 3. The van der Waals surface area contributed by atoms with Gasteiger partial charge in [-0.1, -0.05) is 19.3 Å². The first kappa shape index (κ1) is 12.5. The van der Waals surface area contributed by atoms with Crippen molar-refractivity contribution in [2.75, 3.05) is 13.1 Å². The van der Waals surface area contributed by atoms with Gasteiger partial charge >= 0.3 is 5.97 Å². The molecule has 0 aromatic heterocycles. The number of carboxylic acid groups (broad SMARTS) is 1. The van der Waals surface area contributed by atoms with Crippen LogP contribution in [0.1, 0.15) is 44.9 Å². The zero-order valence-electron chi connectivity index (χ0n) is 9.17. The highest BCUT2D eigenvalue weighted by molar-refractivity contribution is 5.66. The Morgan fingerprint density at radius 1 is 1.27 bits per heavy atom. The fourth-order valence-corrected chi connectivity index (χ4v) is 2.07. The summed E-state index contributed by atoms with van der Waals surface area (Å²) in [5.74, 6) is -0.756. The molecular weight excluding hydrogens is 194 g/mol. The summed E-state index contributed by atoms with van der Waals surface area (Å²) in [4.78, 5) is 10.2. The quantitative estimate of drug-likeness (QED) is 0.581. The number of carbonyl (C=O) groups is 1. The molecule has 0 saturated heterocycles. The molecule has 15 heavy (non-hydrogen) atoms. The van der Waals surface area contributed by atoms with Gasteiger partial charge in [0.05, 0.1) is 5.60 Å². The average molecular weight is 215 g/mol. The molecule has 0 aliphatic heterocycles. The third kappa shape index (κ3) is 5.14. The van der Waals surface area contributed by atoms with Gasteiger partial charge < -0.3 is 15.5 Å². The Balaban J connectivity index is 2.05. The first-order chi connectivity index (χ1) is 7.12. The van der Waals surface area contributed by atoms with Crippen molar-refractivity contribution < 1.29 is 15.0 Å². The largest absolute Gasteiger partial charge is 0.481 e. The van der Waals surface area contributed by atoms with Gasteiger partial charge in [0.15, 0.2) is 0 Å². The lowest BCUT2D eigenvalue weighted by Gasteiger charge is -2.32. The molecule has 0 spiro atoms. The monoisotopic (exact) mass is 215 g/mol. The van der Waals surface area contributed by atoms with Gasteiger partial charge in [-0.3, -0.25) is 4.79 Å². The van der Waals surface area contributed by atoms with Gasteiger partial charge in [-0.2, -0.15) is 0 Å². The lowest BCUT2D eigenvalue weighted by Crippen LogP contribution is -2.42. The first-order valence-electron chi connectivity index (χ1n) is 5.77. The van der Waals surface area contributed by atoms with Crippen LogP contribution in [-0.2, 0) is 4.79 Å². The number of aliphatic carboxylic acids is 1. The van der Waals surface area contributed by atoms with E-state index in [1.54, 1.807) is 0 Å². The second kappa shape index (κ2) is 6.08. The fraction of sp³-hybridized carbons (Fsp3) is 0.909. The molecule has 0 aromatic carbocycles. The van der Waals surface area contributed by atoms with Crippen LogP contribution in [0.2, 0.25) is 0 Å². The Hall–Kier alpha value is -0.610. The minimum absolute atomic E-state index is 0.200. The molecule has 0 heterocycles. The molecule has 1 fully saturated rings. The predicted octanol–water partition coefficient (Wildman–Crippen LogP) is 1.14. The maximum absolute atomic E-state index is 10.2. The summed E-state index contributed by atoms with van der Waals surface area (Å²) < 4.78 is 0. The molecule has 88 valence electrons. The van der Waals surface area contributed by atoms with Crippen molar-refractivity contribution in [1.82, 2.24) is 5.32 Å². The molecule has 0 amide bonds. The summed E-state index contributed by atoms with van der Waals surface area (Å²) >= 11 is 0. The molecule has 0 radical (unpaired) electrons. The minimum atomic E-state index is -0.756. The standard InChI is InChI=1S/C11H21NO3/c13-10(14)5-4-8-12-9-11(15)6-2-1-3-7-11/h12,15H,1-9H2,(H,13,14). The first-order valence-corrected chi connectivity index (χ1v) is 5.77. The van der Waals surface area contributed by atoms with Crippen LogP contribution in [0.15, 0.2) is 0 Å². The molecule has 1 aliphatic carbocycles. The van der Waals surface area contributed by atoms with Crippen LogP contribution in [0.25, 0.3) is 0 Å². The van der Waals surface area contributed by atoms with Crippen molar-refractivity contribution in [3.05, 3.63) is 0 Å². The zero-order valence-corrected chi connectivity index (χ0v) is 9.17. The smallest absolute Gasteiger partial charge is 0.303 e. The molecule has 1 saturated carbocycles. The van der Waals surface area contributed by atoms with Gasteiger partial charge in [0.2, 0.25) is 0 Å². The number of hydrogen-bond donors (Lipinski definition) is 3. The lowest BCUT2D eigenvalue weighted by molar-refractivity contribution is -0.137. The second-order valence-electron chi connectivity index (χ2n) is 4.46. The van der Waals surface area contributed by atoms with E-state index in [9.17, 15) is 9.90 Å². The van der Waals surface area contributed by atoms with Crippen LogP contribution in [0.4, 0.5) is 0 Å². The molecular formula is C11H21NO3. The van der Waals surface area contributed by atoms with Crippen LogP contribution < -0.4 is 5.32 Å². The third-order valence-corrected chi connectivity index (χ3v) is 2.98. The highest BCUT2D eigenvalue weighted by Gasteiger charge is 2.28. The van der Waals surface area contributed by atoms with E-state index in [2.05, 4.69) is 5.32 Å². The molecule has 3 N–H and O–H groups in total. The Kier molecular flexibility index (Phi) is 5.05. The van der Waals surface area contributed by atoms with Crippen molar-refractivity contribution in [3.63, 3.8) is 0 Å². The maximum atomic E-state index is 10.2.